The number of carbonyl (C=O) groups excluding carboxylic acids is 3. The molecule has 4 rings (SSSR count). The van der Waals surface area contributed by atoms with E-state index in [0.29, 0.717) is 54.5 Å². The predicted octanol–water partition coefficient (Wildman–Crippen LogP) is 2.55. The highest BCUT2D eigenvalue weighted by Crippen LogP contribution is 2.36. The van der Waals surface area contributed by atoms with Crippen LogP contribution < -0.4 is 14.8 Å². The van der Waals surface area contributed by atoms with Crippen molar-refractivity contribution in [3.05, 3.63) is 35.0 Å². The van der Waals surface area contributed by atoms with Gasteiger partial charge in [-0.15, -0.1) is 0 Å². The Labute approximate surface area is 218 Å². The Morgan fingerprint density at radius 1 is 1.11 bits per heavy atom. The van der Waals surface area contributed by atoms with E-state index in [1.807, 2.05) is 4.90 Å². The number of benzene rings is 1. The molecule has 0 radical (unpaired) electrons. The van der Waals surface area contributed by atoms with Crippen LogP contribution in [0, 0.1) is 5.92 Å². The molecule has 0 aromatic heterocycles. The van der Waals surface area contributed by atoms with Gasteiger partial charge in [0.25, 0.3) is 0 Å². The Bertz CT molecular complexity index is 1070. The predicted molar refractivity (Wildman–Crippen MR) is 137 cm³/mol. The minimum absolute atomic E-state index is 0.0536. The van der Waals surface area contributed by atoms with Crippen molar-refractivity contribution >= 4 is 17.9 Å². The molecule has 1 saturated carbocycles. The van der Waals surface area contributed by atoms with Gasteiger partial charge in [0.15, 0.2) is 11.5 Å². The van der Waals surface area contributed by atoms with Gasteiger partial charge < -0.3 is 24.4 Å². The minimum Gasteiger partial charge on any atom is -0.493 e. The van der Waals surface area contributed by atoms with Crippen LogP contribution >= 0.6 is 0 Å². The number of likely N-dealkylation sites (N-methyl/N-ethyl adjacent to an activating group) is 1. The largest absolute Gasteiger partial charge is 0.493 e. The van der Waals surface area contributed by atoms with Crippen molar-refractivity contribution in [1.82, 2.24) is 20.0 Å². The Balaban J connectivity index is 1.64. The molecule has 0 bridgehead atoms. The van der Waals surface area contributed by atoms with Crippen LogP contribution in [0.15, 0.2) is 29.5 Å². The lowest BCUT2D eigenvalue weighted by atomic mass is 9.84. The summed E-state index contributed by atoms with van der Waals surface area (Å²) in [6.07, 6.45) is 3.10. The molecule has 3 aliphatic rings. The van der Waals surface area contributed by atoms with Crippen LogP contribution in [0.2, 0.25) is 0 Å². The maximum Gasteiger partial charge on any atom is 0.338 e. The molecule has 2 heterocycles. The first-order valence-electron chi connectivity index (χ1n) is 13.0. The number of urea groups is 1. The summed E-state index contributed by atoms with van der Waals surface area (Å²) in [7, 11) is 4.75. The van der Waals surface area contributed by atoms with Crippen LogP contribution in [0.5, 0.6) is 11.5 Å². The molecule has 37 heavy (non-hydrogen) atoms. The fraction of sp³-hybridized carbons (Fsp3) is 0.593. The lowest BCUT2D eigenvalue weighted by Gasteiger charge is -2.44. The van der Waals surface area contributed by atoms with E-state index in [9.17, 15) is 14.4 Å². The highest BCUT2D eigenvalue weighted by Gasteiger charge is 2.39. The van der Waals surface area contributed by atoms with Gasteiger partial charge in [-0.1, -0.05) is 12.5 Å². The summed E-state index contributed by atoms with van der Waals surface area (Å²) in [5, 5.41) is 2.94. The Kier molecular flexibility index (Phi) is 8.26. The van der Waals surface area contributed by atoms with Crippen LogP contribution in [0.1, 0.15) is 44.7 Å². The molecule has 10 heteroatoms. The van der Waals surface area contributed by atoms with E-state index >= 15 is 0 Å². The zero-order valence-corrected chi connectivity index (χ0v) is 22.4. The molecule has 0 spiro atoms. The van der Waals surface area contributed by atoms with Crippen LogP contribution in [0.25, 0.3) is 0 Å². The van der Waals surface area contributed by atoms with Crippen molar-refractivity contribution in [2.24, 2.45) is 5.92 Å². The molecule has 1 saturated heterocycles. The molecule has 2 atom stereocenters. The highest BCUT2D eigenvalue weighted by atomic mass is 16.5. The van der Waals surface area contributed by atoms with E-state index in [-0.39, 0.29) is 30.5 Å². The standard InChI is InChI=1S/C27H38N4O6/c1-6-37-26(33)23-20(16-30-12-13-31(17(2)15-30)25(32)18-8-7-9-18)29(3)27(34)28-24(23)19-10-11-21(35-4)22(14-19)36-5/h10-11,14,17-18,24H,6-9,12-13,15-16H2,1-5H3,(H,28,34). The number of nitrogens with zero attached hydrogens (tertiary/aromatic N) is 3. The average molecular weight is 515 g/mol. The van der Waals surface area contributed by atoms with Crippen molar-refractivity contribution in [2.45, 2.75) is 45.2 Å². The summed E-state index contributed by atoms with van der Waals surface area (Å²) >= 11 is 0. The number of hydrogen-bond acceptors (Lipinski definition) is 7. The minimum atomic E-state index is -0.712. The van der Waals surface area contributed by atoms with Crippen LogP contribution in [0.3, 0.4) is 0 Å². The molecule has 2 fully saturated rings. The van der Waals surface area contributed by atoms with E-state index in [0.717, 1.165) is 19.3 Å². The second-order valence-corrected chi connectivity index (χ2v) is 9.88. The Hall–Kier alpha value is -3.27. The summed E-state index contributed by atoms with van der Waals surface area (Å²) < 4.78 is 16.3. The molecule has 1 aromatic rings. The number of esters is 1. The lowest BCUT2D eigenvalue weighted by molar-refractivity contribution is -0.142. The van der Waals surface area contributed by atoms with Crippen molar-refractivity contribution in [3.63, 3.8) is 0 Å². The van der Waals surface area contributed by atoms with Crippen molar-refractivity contribution in [2.75, 3.05) is 54.1 Å². The van der Waals surface area contributed by atoms with Gasteiger partial charge in [-0.05, 0) is 44.4 Å². The molecular formula is C27H38N4O6. The number of piperazine rings is 1. The topological polar surface area (TPSA) is 101 Å². The van der Waals surface area contributed by atoms with Crippen molar-refractivity contribution in [3.8, 4) is 11.5 Å². The molecule has 1 aromatic carbocycles. The summed E-state index contributed by atoms with van der Waals surface area (Å²) in [6.45, 7) is 6.38. The average Bonchev–Trinajstić information content (AvgIpc) is 2.85. The monoisotopic (exact) mass is 514 g/mol. The second kappa shape index (κ2) is 11.4. The summed E-state index contributed by atoms with van der Waals surface area (Å²) in [6, 6.07) is 4.35. The van der Waals surface area contributed by atoms with E-state index in [4.69, 9.17) is 14.2 Å². The van der Waals surface area contributed by atoms with Gasteiger partial charge in [-0.2, -0.15) is 0 Å². The van der Waals surface area contributed by atoms with Crippen molar-refractivity contribution in [1.29, 1.82) is 0 Å². The third-order valence-electron chi connectivity index (χ3n) is 7.64. The summed E-state index contributed by atoms with van der Waals surface area (Å²) in [4.78, 5) is 44.9. The molecule has 2 unspecified atom stereocenters. The van der Waals surface area contributed by atoms with Gasteiger partial charge >= 0.3 is 12.0 Å². The van der Waals surface area contributed by atoms with Gasteiger partial charge in [0.05, 0.1) is 32.4 Å². The Morgan fingerprint density at radius 2 is 1.84 bits per heavy atom. The lowest BCUT2D eigenvalue weighted by Crippen LogP contribution is -2.57. The third kappa shape index (κ3) is 5.39. The number of amides is 3. The zero-order chi connectivity index (χ0) is 26.7. The molecular weight excluding hydrogens is 476 g/mol. The summed E-state index contributed by atoms with van der Waals surface area (Å²) in [5.41, 5.74) is 1.66. The smallest absolute Gasteiger partial charge is 0.338 e. The first kappa shape index (κ1) is 26.8. The quantitative estimate of drug-likeness (QED) is 0.532. The molecule has 1 N–H and O–H groups in total. The maximum absolute atomic E-state index is 13.3. The molecule has 3 amide bonds. The normalized spacial score (nSPS) is 22.9. The van der Waals surface area contributed by atoms with Gasteiger partial charge in [0.1, 0.15) is 0 Å². The second-order valence-electron chi connectivity index (χ2n) is 9.88. The van der Waals surface area contributed by atoms with E-state index in [1.165, 1.54) is 4.90 Å². The van der Waals surface area contributed by atoms with Crippen LogP contribution in [-0.2, 0) is 14.3 Å². The maximum atomic E-state index is 13.3. The van der Waals surface area contributed by atoms with E-state index in [1.54, 1.807) is 46.4 Å². The third-order valence-corrected chi connectivity index (χ3v) is 7.64. The number of methoxy groups -OCH3 is 2. The van der Waals surface area contributed by atoms with Gasteiger partial charge in [-0.25, -0.2) is 9.59 Å². The van der Waals surface area contributed by atoms with Gasteiger partial charge in [0.2, 0.25) is 5.91 Å². The van der Waals surface area contributed by atoms with Gasteiger partial charge in [0, 0.05) is 50.9 Å². The zero-order valence-electron chi connectivity index (χ0n) is 22.4. The first-order chi connectivity index (χ1) is 17.8. The number of ether oxygens (including phenoxy) is 3. The number of nitrogens with one attached hydrogen (secondary N) is 1. The van der Waals surface area contributed by atoms with Crippen molar-refractivity contribution < 1.29 is 28.6 Å². The molecule has 10 nitrogen and oxygen atoms in total. The first-order valence-corrected chi connectivity index (χ1v) is 13.0. The number of carbonyl (C=O) groups is 3. The van der Waals surface area contributed by atoms with E-state index < -0.39 is 12.0 Å². The number of hydrogen-bond donors (Lipinski definition) is 1. The molecule has 1 aliphatic carbocycles. The number of rotatable bonds is 8. The fourth-order valence-corrected chi connectivity index (χ4v) is 5.29. The highest BCUT2D eigenvalue weighted by molar-refractivity contribution is 5.95. The van der Waals surface area contributed by atoms with E-state index in [2.05, 4.69) is 17.1 Å². The fourth-order valence-electron chi connectivity index (χ4n) is 5.29. The molecule has 2 aliphatic heterocycles. The Morgan fingerprint density at radius 3 is 2.43 bits per heavy atom. The SMILES string of the molecule is CCOC(=O)C1=C(CN2CCN(C(=O)C3CCC3)C(C)C2)N(C)C(=O)NC1c1ccc(OC)c(OC)c1. The summed E-state index contributed by atoms with van der Waals surface area (Å²) in [5.74, 6) is 1.00. The molecule has 202 valence electrons. The van der Waals surface area contributed by atoms with Crippen LogP contribution in [0.4, 0.5) is 4.79 Å². The van der Waals surface area contributed by atoms with Crippen LogP contribution in [-0.4, -0.2) is 92.7 Å². The van der Waals surface area contributed by atoms with Gasteiger partial charge in [-0.3, -0.25) is 14.6 Å².